The van der Waals surface area contributed by atoms with Crippen LogP contribution in [0.2, 0.25) is 5.02 Å². The zero-order valence-electron chi connectivity index (χ0n) is 14.2. The Hall–Kier alpha value is -2.86. The minimum absolute atomic E-state index is 0.0647. The fourth-order valence-electron chi connectivity index (χ4n) is 2.75. The van der Waals surface area contributed by atoms with Crippen LogP contribution >= 0.6 is 11.6 Å². The van der Waals surface area contributed by atoms with Crippen molar-refractivity contribution in [3.63, 3.8) is 0 Å². The lowest BCUT2D eigenvalue weighted by Gasteiger charge is -2.26. The molecule has 0 spiro atoms. The summed E-state index contributed by atoms with van der Waals surface area (Å²) in [7, 11) is 1.64. The topological polar surface area (TPSA) is 65.2 Å². The number of rotatable bonds is 3. The molecule has 26 heavy (non-hydrogen) atoms. The average molecular weight is 374 g/mol. The Kier molecular flexibility index (Phi) is 4.95. The molecule has 0 aliphatic carbocycles. The van der Waals surface area contributed by atoms with Gasteiger partial charge in [-0.05, 0) is 42.1 Å². The molecule has 0 unspecified atom stereocenters. The molecular formula is C19H17ClFN3O2. The van der Waals surface area contributed by atoms with Crippen LogP contribution in [0, 0.1) is 5.82 Å². The first-order valence-electron chi connectivity index (χ1n) is 7.97. The fraction of sp³-hybridized carbons (Fsp3) is 0.158. The highest BCUT2D eigenvalue weighted by Gasteiger charge is 2.20. The van der Waals surface area contributed by atoms with E-state index in [0.717, 1.165) is 10.9 Å². The Labute approximate surface area is 154 Å². The molecule has 1 heterocycles. The number of fused-ring (bicyclic) bond motifs is 1. The molecule has 0 aliphatic heterocycles. The van der Waals surface area contributed by atoms with E-state index in [1.165, 1.54) is 23.1 Å². The molecule has 3 rings (SSSR count). The number of nitrogens with one attached hydrogen (secondary N) is 2. The van der Waals surface area contributed by atoms with Gasteiger partial charge < -0.3 is 15.2 Å². The molecule has 1 aromatic heterocycles. The highest BCUT2D eigenvalue weighted by atomic mass is 35.5. The number of urea groups is 1. The number of pyridine rings is 1. The van der Waals surface area contributed by atoms with Crippen molar-refractivity contribution in [2.24, 2.45) is 0 Å². The molecule has 0 bridgehead atoms. The van der Waals surface area contributed by atoms with E-state index in [4.69, 9.17) is 11.6 Å². The highest BCUT2D eigenvalue weighted by molar-refractivity contribution is 6.31. The van der Waals surface area contributed by atoms with Gasteiger partial charge in [-0.3, -0.25) is 4.79 Å². The van der Waals surface area contributed by atoms with Gasteiger partial charge in [0.1, 0.15) is 5.82 Å². The summed E-state index contributed by atoms with van der Waals surface area (Å²) in [5, 5.41) is 3.97. The first-order valence-corrected chi connectivity index (χ1v) is 8.35. The van der Waals surface area contributed by atoms with Crippen LogP contribution < -0.4 is 10.9 Å². The van der Waals surface area contributed by atoms with Crippen LogP contribution in [0.3, 0.4) is 0 Å². The third kappa shape index (κ3) is 3.41. The summed E-state index contributed by atoms with van der Waals surface area (Å²) in [6.07, 6.45) is 1.62. The number of aromatic nitrogens is 1. The molecule has 5 nitrogen and oxygen atoms in total. The lowest BCUT2D eigenvalue weighted by Crippen LogP contribution is -2.34. The van der Waals surface area contributed by atoms with Crippen LogP contribution in [-0.4, -0.2) is 23.0 Å². The van der Waals surface area contributed by atoms with Crippen molar-refractivity contribution in [3.05, 3.63) is 75.4 Å². The smallest absolute Gasteiger partial charge is 0.322 e. The maximum Gasteiger partial charge on any atom is 0.322 e. The van der Waals surface area contributed by atoms with Gasteiger partial charge in [-0.1, -0.05) is 29.8 Å². The molecular weight excluding hydrogens is 357 g/mol. The third-order valence-electron chi connectivity index (χ3n) is 4.36. The number of carbonyl (C=O) groups excluding carboxylic acids is 1. The number of amides is 2. The number of anilines is 1. The van der Waals surface area contributed by atoms with Crippen molar-refractivity contribution in [1.29, 1.82) is 0 Å². The molecule has 0 aliphatic rings. The maximum absolute atomic E-state index is 13.2. The lowest BCUT2D eigenvalue weighted by atomic mass is 10.0. The second-order valence-electron chi connectivity index (χ2n) is 5.96. The number of nitrogens with zero attached hydrogens (tertiary/aromatic N) is 1. The molecule has 2 amide bonds. The van der Waals surface area contributed by atoms with Crippen LogP contribution in [0.25, 0.3) is 10.8 Å². The van der Waals surface area contributed by atoms with Gasteiger partial charge >= 0.3 is 6.03 Å². The van der Waals surface area contributed by atoms with Crippen molar-refractivity contribution in [3.8, 4) is 0 Å². The van der Waals surface area contributed by atoms with Gasteiger partial charge in [0.25, 0.3) is 5.56 Å². The van der Waals surface area contributed by atoms with Gasteiger partial charge in [0.2, 0.25) is 0 Å². The molecule has 134 valence electrons. The fourth-order valence-corrected chi connectivity index (χ4v) is 2.93. The summed E-state index contributed by atoms with van der Waals surface area (Å²) in [5.74, 6) is -0.550. The first-order chi connectivity index (χ1) is 12.4. The van der Waals surface area contributed by atoms with Gasteiger partial charge in [-0.2, -0.15) is 0 Å². The van der Waals surface area contributed by atoms with Crippen LogP contribution in [0.4, 0.5) is 14.9 Å². The van der Waals surface area contributed by atoms with Gasteiger partial charge in [0.05, 0.1) is 11.1 Å². The third-order valence-corrected chi connectivity index (χ3v) is 4.65. The summed E-state index contributed by atoms with van der Waals surface area (Å²) in [6, 6.07) is 10.5. The Morgan fingerprint density at radius 3 is 2.62 bits per heavy atom. The molecule has 0 saturated heterocycles. The van der Waals surface area contributed by atoms with Crippen LogP contribution in [0.1, 0.15) is 18.5 Å². The van der Waals surface area contributed by atoms with E-state index in [-0.39, 0.29) is 22.7 Å². The van der Waals surface area contributed by atoms with E-state index in [2.05, 4.69) is 10.3 Å². The van der Waals surface area contributed by atoms with E-state index >= 15 is 0 Å². The number of hydrogen-bond donors (Lipinski definition) is 2. The van der Waals surface area contributed by atoms with Gasteiger partial charge in [0, 0.05) is 24.3 Å². The Morgan fingerprint density at radius 2 is 1.92 bits per heavy atom. The molecule has 0 fully saturated rings. The second-order valence-corrected chi connectivity index (χ2v) is 6.37. The number of benzene rings is 2. The van der Waals surface area contributed by atoms with Crippen molar-refractivity contribution < 1.29 is 9.18 Å². The second kappa shape index (κ2) is 7.17. The maximum atomic E-state index is 13.2. The number of H-pyrrole nitrogens is 1. The molecule has 2 aromatic carbocycles. The average Bonchev–Trinajstić information content (AvgIpc) is 2.64. The van der Waals surface area contributed by atoms with Crippen LogP contribution in [-0.2, 0) is 0 Å². The van der Waals surface area contributed by atoms with Crippen molar-refractivity contribution in [1.82, 2.24) is 9.88 Å². The number of hydrogen-bond acceptors (Lipinski definition) is 2. The van der Waals surface area contributed by atoms with E-state index in [1.54, 1.807) is 25.4 Å². The minimum Gasteiger partial charge on any atom is -0.328 e. The number of aromatic amines is 1. The first kappa shape index (κ1) is 17.9. The molecule has 3 aromatic rings. The largest absolute Gasteiger partial charge is 0.328 e. The number of halogens is 2. The predicted octanol–water partition coefficient (Wildman–Crippen LogP) is 4.55. The molecule has 0 radical (unpaired) electrons. The summed E-state index contributed by atoms with van der Waals surface area (Å²) < 4.78 is 13.2. The quantitative estimate of drug-likeness (QED) is 0.707. The van der Waals surface area contributed by atoms with Gasteiger partial charge in [0.15, 0.2) is 0 Å². The minimum atomic E-state index is -0.550. The summed E-state index contributed by atoms with van der Waals surface area (Å²) in [6.45, 7) is 1.86. The zero-order chi connectivity index (χ0) is 18.8. The molecule has 0 saturated carbocycles. The molecule has 7 heteroatoms. The lowest BCUT2D eigenvalue weighted by molar-refractivity contribution is 0.208. The van der Waals surface area contributed by atoms with E-state index < -0.39 is 5.82 Å². The monoisotopic (exact) mass is 373 g/mol. The summed E-state index contributed by atoms with van der Waals surface area (Å²) in [5.41, 5.74) is 1.03. The van der Waals surface area contributed by atoms with E-state index in [0.29, 0.717) is 11.1 Å². The molecule has 1 atom stereocenters. The van der Waals surface area contributed by atoms with E-state index in [1.807, 2.05) is 19.1 Å². The van der Waals surface area contributed by atoms with Gasteiger partial charge in [-0.25, -0.2) is 9.18 Å². The van der Waals surface area contributed by atoms with Gasteiger partial charge in [-0.15, -0.1) is 0 Å². The summed E-state index contributed by atoms with van der Waals surface area (Å²) >= 11 is 5.74. The SMILES string of the molecule is C[C@H](c1c[nH]c(=O)c2ccccc12)N(C)C(=O)Nc1ccc(F)c(Cl)c1. The Morgan fingerprint density at radius 1 is 1.23 bits per heavy atom. The molecule has 2 N–H and O–H groups in total. The number of carbonyl (C=O) groups is 1. The summed E-state index contributed by atoms with van der Waals surface area (Å²) in [4.78, 5) is 28.7. The Balaban J connectivity index is 1.86. The zero-order valence-corrected chi connectivity index (χ0v) is 15.0. The van der Waals surface area contributed by atoms with Crippen LogP contribution in [0.15, 0.2) is 53.5 Å². The van der Waals surface area contributed by atoms with Crippen molar-refractivity contribution in [2.45, 2.75) is 13.0 Å². The highest BCUT2D eigenvalue weighted by Crippen LogP contribution is 2.26. The predicted molar refractivity (Wildman–Crippen MR) is 101 cm³/mol. The van der Waals surface area contributed by atoms with E-state index in [9.17, 15) is 14.0 Å². The Bertz CT molecular complexity index is 1030. The van der Waals surface area contributed by atoms with Crippen molar-refractivity contribution in [2.75, 3.05) is 12.4 Å². The van der Waals surface area contributed by atoms with Crippen molar-refractivity contribution >= 4 is 34.1 Å². The standard InChI is InChI=1S/C19H17ClFN3O2/c1-11(15-10-22-18(25)14-6-4-3-5-13(14)15)24(2)19(26)23-12-7-8-17(21)16(20)9-12/h3-11H,1-2H3,(H,22,25)(H,23,26)/t11-/m1/s1. The normalized spacial score (nSPS) is 12.0. The van der Waals surface area contributed by atoms with Crippen LogP contribution in [0.5, 0.6) is 0 Å².